The molecular formula is C12H15N3O4+2. The van der Waals surface area contributed by atoms with Crippen molar-refractivity contribution in [3.63, 3.8) is 0 Å². The molecule has 100 valence electrons. The van der Waals surface area contributed by atoms with Gasteiger partial charge in [0, 0.05) is 11.0 Å². The van der Waals surface area contributed by atoms with Crippen molar-refractivity contribution in [1.82, 2.24) is 4.73 Å². The summed E-state index contributed by atoms with van der Waals surface area (Å²) in [7, 11) is 0. The van der Waals surface area contributed by atoms with Crippen molar-refractivity contribution in [2.24, 2.45) is 0 Å². The Bertz CT molecular complexity index is 706. The van der Waals surface area contributed by atoms with E-state index in [0.717, 1.165) is 4.73 Å². The molecule has 0 radical (unpaired) electrons. The van der Waals surface area contributed by atoms with Crippen LogP contribution in [0.15, 0.2) is 24.3 Å². The van der Waals surface area contributed by atoms with Crippen LogP contribution >= 0.6 is 0 Å². The van der Waals surface area contributed by atoms with Crippen LogP contribution in [-0.4, -0.2) is 39.2 Å². The van der Waals surface area contributed by atoms with Gasteiger partial charge in [0.25, 0.3) is 5.52 Å². The summed E-state index contributed by atoms with van der Waals surface area (Å²) >= 11 is 0. The van der Waals surface area contributed by atoms with Crippen molar-refractivity contribution < 1.29 is 24.8 Å². The van der Waals surface area contributed by atoms with Crippen molar-refractivity contribution in [2.75, 3.05) is 13.2 Å². The molecule has 19 heavy (non-hydrogen) atoms. The van der Waals surface area contributed by atoms with Crippen LogP contribution in [0.25, 0.3) is 11.0 Å². The van der Waals surface area contributed by atoms with Crippen molar-refractivity contribution in [3.05, 3.63) is 40.6 Å². The smallest absolute Gasteiger partial charge is 0.439 e. The molecule has 2 aromatic rings. The predicted octanol–water partition coefficient (Wildman–Crippen LogP) is -1.52. The highest BCUT2D eigenvalue weighted by Gasteiger charge is 2.30. The van der Waals surface area contributed by atoms with Gasteiger partial charge in [0.1, 0.15) is 12.3 Å². The molecule has 1 aromatic heterocycles. The molecule has 0 atom stereocenters. The summed E-state index contributed by atoms with van der Waals surface area (Å²) in [6, 6.07) is 6.49. The number of nitrogens with zero attached hydrogens (tertiary/aromatic N) is 2. The molecule has 0 saturated heterocycles. The van der Waals surface area contributed by atoms with Crippen LogP contribution in [0, 0.1) is 11.8 Å². The van der Waals surface area contributed by atoms with Gasteiger partial charge in [-0.2, -0.15) is 4.73 Å². The lowest BCUT2D eigenvalue weighted by Crippen LogP contribution is -2.75. The van der Waals surface area contributed by atoms with Gasteiger partial charge in [-0.1, -0.05) is 12.1 Å². The van der Waals surface area contributed by atoms with Crippen molar-refractivity contribution in [1.29, 1.82) is 0 Å². The Kier molecular flexibility index (Phi) is 3.48. The summed E-state index contributed by atoms with van der Waals surface area (Å²) in [5, 5.41) is 28.5. The maximum Gasteiger partial charge on any atom is 0.439 e. The molecule has 4 N–H and O–H groups in total. The summed E-state index contributed by atoms with van der Waals surface area (Å²) in [5.41, 5.74) is 0.669. The second-order valence-electron chi connectivity index (χ2n) is 4.03. The molecule has 0 fully saturated rings. The maximum atomic E-state index is 12.2. The van der Waals surface area contributed by atoms with Gasteiger partial charge in [0.2, 0.25) is 0 Å². The molecule has 2 rings (SSSR count). The van der Waals surface area contributed by atoms with Gasteiger partial charge in [0.05, 0.1) is 4.43 Å². The van der Waals surface area contributed by atoms with Gasteiger partial charge < -0.3 is 15.4 Å². The lowest BCUT2D eigenvalue weighted by atomic mass is 10.2. The Labute approximate surface area is 108 Å². The first-order valence-corrected chi connectivity index (χ1v) is 5.75. The predicted molar refractivity (Wildman–Crippen MR) is 66.9 cm³/mol. The SMILES string of the molecule is Cc1c(C(O)=[NH+]CCO)[n+](=O)c2ccccc2n1O. The third kappa shape index (κ3) is 2.15. The van der Waals surface area contributed by atoms with Crippen LogP contribution < -0.4 is 9.42 Å². The molecule has 0 saturated carbocycles. The first kappa shape index (κ1) is 13.0. The fourth-order valence-electron chi connectivity index (χ4n) is 1.89. The van der Waals surface area contributed by atoms with Crippen LogP contribution in [0.1, 0.15) is 11.4 Å². The zero-order valence-corrected chi connectivity index (χ0v) is 10.4. The summed E-state index contributed by atoms with van der Waals surface area (Å²) in [4.78, 5) is 14.7. The number of nitrogens with one attached hydrogen (secondary N) is 1. The Morgan fingerprint density at radius 1 is 1.42 bits per heavy atom. The highest BCUT2D eigenvalue weighted by molar-refractivity contribution is 5.86. The minimum atomic E-state index is -0.393. The van der Waals surface area contributed by atoms with Crippen LogP contribution in [-0.2, 0) is 0 Å². The minimum Gasteiger partial charge on any atom is -0.455 e. The minimum absolute atomic E-state index is 0.0883. The summed E-state index contributed by atoms with van der Waals surface area (Å²) in [6.45, 7) is 1.42. The fraction of sp³-hybridized carbons (Fsp3) is 0.250. The second-order valence-corrected chi connectivity index (χ2v) is 4.03. The van der Waals surface area contributed by atoms with E-state index in [0.29, 0.717) is 9.94 Å². The molecule has 0 unspecified atom stereocenters. The third-order valence-electron chi connectivity index (χ3n) is 2.82. The molecule has 1 aromatic carbocycles. The van der Waals surface area contributed by atoms with Crippen LogP contribution in [0.4, 0.5) is 0 Å². The van der Waals surface area contributed by atoms with Gasteiger partial charge in [-0.05, 0) is 13.0 Å². The average Bonchev–Trinajstić information content (AvgIpc) is 2.43. The number of aromatic nitrogens is 2. The highest BCUT2D eigenvalue weighted by atomic mass is 16.5. The Morgan fingerprint density at radius 2 is 2.11 bits per heavy atom. The van der Waals surface area contributed by atoms with Crippen molar-refractivity contribution in [2.45, 2.75) is 6.92 Å². The van der Waals surface area contributed by atoms with Gasteiger partial charge in [-0.3, -0.25) is 0 Å². The second kappa shape index (κ2) is 5.07. The van der Waals surface area contributed by atoms with E-state index < -0.39 is 5.90 Å². The lowest BCUT2D eigenvalue weighted by molar-refractivity contribution is -0.497. The monoisotopic (exact) mass is 265 g/mol. The number of benzene rings is 1. The van der Waals surface area contributed by atoms with Crippen LogP contribution in [0.3, 0.4) is 0 Å². The topological polar surface area (TPSA) is 103 Å². The van der Waals surface area contributed by atoms with E-state index >= 15 is 0 Å². The fourth-order valence-corrected chi connectivity index (χ4v) is 1.89. The number of aliphatic hydroxyl groups excluding tert-OH is 2. The van der Waals surface area contributed by atoms with Crippen molar-refractivity contribution >= 4 is 16.9 Å². The molecular weight excluding hydrogens is 250 g/mol. The summed E-state index contributed by atoms with van der Waals surface area (Å²) in [6.07, 6.45) is 0. The lowest BCUT2D eigenvalue weighted by Gasteiger charge is -2.03. The molecule has 7 nitrogen and oxygen atoms in total. The summed E-state index contributed by atoms with van der Waals surface area (Å²) < 4.78 is 1.38. The third-order valence-corrected chi connectivity index (χ3v) is 2.82. The number of hydrogen-bond acceptors (Lipinski definition) is 3. The zero-order valence-electron chi connectivity index (χ0n) is 10.4. The molecule has 0 aliphatic carbocycles. The maximum absolute atomic E-state index is 12.2. The van der Waals surface area contributed by atoms with Gasteiger partial charge in [-0.15, -0.1) is 0 Å². The number of para-hydroxylation sites is 2. The van der Waals surface area contributed by atoms with E-state index in [4.69, 9.17) is 5.11 Å². The van der Waals surface area contributed by atoms with E-state index in [-0.39, 0.29) is 30.1 Å². The van der Waals surface area contributed by atoms with E-state index in [2.05, 4.69) is 4.99 Å². The van der Waals surface area contributed by atoms with Crippen molar-refractivity contribution in [3.8, 4) is 0 Å². The average molecular weight is 265 g/mol. The molecule has 0 spiro atoms. The van der Waals surface area contributed by atoms with Crippen LogP contribution in [0.5, 0.6) is 0 Å². The first-order chi connectivity index (χ1) is 9.07. The van der Waals surface area contributed by atoms with Gasteiger partial charge in [0.15, 0.2) is 12.1 Å². The molecule has 0 amide bonds. The van der Waals surface area contributed by atoms with E-state index in [9.17, 15) is 15.2 Å². The normalized spacial score (nSPS) is 12.0. The van der Waals surface area contributed by atoms with E-state index in [1.54, 1.807) is 18.2 Å². The highest BCUT2D eigenvalue weighted by Crippen LogP contribution is 2.12. The molecule has 0 aliphatic rings. The largest absolute Gasteiger partial charge is 0.455 e. The van der Waals surface area contributed by atoms with E-state index in [1.165, 1.54) is 13.0 Å². The molecule has 7 heteroatoms. The molecule has 0 aliphatic heterocycles. The standard InChI is InChI=1S/C12H13N3O4/c1-8-11(12(17)13-6-7-16)15(19)10-5-3-2-4-9(10)14(8)18/h2-5,16,18H,6-7H2,1H3/p+2. The quantitative estimate of drug-likeness (QED) is 0.234. The van der Waals surface area contributed by atoms with Crippen LogP contribution in [0.2, 0.25) is 0 Å². The Morgan fingerprint density at radius 3 is 2.79 bits per heavy atom. The van der Waals surface area contributed by atoms with E-state index in [1.807, 2.05) is 0 Å². The number of hydrogen-bond donors (Lipinski definition) is 4. The Balaban J connectivity index is 2.79. The number of aliphatic hydroxyl groups is 2. The zero-order chi connectivity index (χ0) is 14.0. The number of rotatable bonds is 3. The molecule has 1 heterocycles. The van der Waals surface area contributed by atoms with Gasteiger partial charge in [-0.25, -0.2) is 4.99 Å². The first-order valence-electron chi connectivity index (χ1n) is 5.75. The van der Waals surface area contributed by atoms with Gasteiger partial charge >= 0.3 is 11.6 Å². The Hall–Kier alpha value is -2.41. The number of fused-ring (bicyclic) bond motifs is 1. The molecule has 0 bridgehead atoms. The summed E-state index contributed by atoms with van der Waals surface area (Å²) in [5.74, 6) is -0.393.